The highest BCUT2D eigenvalue weighted by Gasteiger charge is 2.35. The lowest BCUT2D eigenvalue weighted by Gasteiger charge is -2.20. The normalized spacial score (nSPS) is 16.5. The summed E-state index contributed by atoms with van der Waals surface area (Å²) in [6.45, 7) is 5.39. The molecule has 188 valence electrons. The van der Waals surface area contributed by atoms with Crippen LogP contribution in [0.25, 0.3) is 10.9 Å². The van der Waals surface area contributed by atoms with Crippen molar-refractivity contribution in [2.45, 2.75) is 45.6 Å². The highest BCUT2D eigenvalue weighted by atomic mass is 19.4. The molecular formula is C22H20F3N7O4. The van der Waals surface area contributed by atoms with Gasteiger partial charge in [-0.15, -0.1) is 13.2 Å². The summed E-state index contributed by atoms with van der Waals surface area (Å²) in [5.41, 5.74) is -0.655. The molecule has 3 aromatic rings. The second-order valence-electron chi connectivity index (χ2n) is 8.03. The third-order valence-corrected chi connectivity index (χ3v) is 5.51. The molecule has 0 saturated carbocycles. The predicted octanol–water partition coefficient (Wildman–Crippen LogP) is 3.70. The van der Waals surface area contributed by atoms with Crippen LogP contribution in [0.3, 0.4) is 0 Å². The number of carbonyl (C=O) groups is 1. The number of nitrogens with one attached hydrogen (secondary N) is 2. The van der Waals surface area contributed by atoms with E-state index >= 15 is 0 Å². The van der Waals surface area contributed by atoms with Gasteiger partial charge in [0, 0.05) is 17.0 Å². The van der Waals surface area contributed by atoms with Crippen molar-refractivity contribution in [2.75, 3.05) is 16.8 Å². The first-order chi connectivity index (χ1) is 17.0. The molecule has 3 heterocycles. The minimum atomic E-state index is -5.00. The van der Waals surface area contributed by atoms with Gasteiger partial charge in [0.2, 0.25) is 11.9 Å². The molecule has 36 heavy (non-hydrogen) atoms. The molecule has 0 radical (unpaired) electrons. The van der Waals surface area contributed by atoms with Crippen molar-refractivity contribution < 1.29 is 27.4 Å². The van der Waals surface area contributed by atoms with Crippen molar-refractivity contribution in [1.82, 2.24) is 19.9 Å². The number of hydrogen-bond acceptors (Lipinski definition) is 9. The Morgan fingerprint density at radius 3 is 2.72 bits per heavy atom. The van der Waals surface area contributed by atoms with Crippen molar-refractivity contribution >= 4 is 28.9 Å². The summed E-state index contributed by atoms with van der Waals surface area (Å²) < 4.78 is 47.0. The van der Waals surface area contributed by atoms with Crippen LogP contribution in [0.5, 0.6) is 5.75 Å². The number of fused-ring (bicyclic) bond motifs is 1. The van der Waals surface area contributed by atoms with Gasteiger partial charge in [-0.1, -0.05) is 6.92 Å². The van der Waals surface area contributed by atoms with E-state index < -0.39 is 29.8 Å². The van der Waals surface area contributed by atoms with Gasteiger partial charge in [-0.3, -0.25) is 4.79 Å². The number of aromatic amines is 1. The van der Waals surface area contributed by atoms with Crippen LogP contribution in [0.2, 0.25) is 0 Å². The quantitative estimate of drug-likeness (QED) is 0.514. The summed E-state index contributed by atoms with van der Waals surface area (Å²) in [5.74, 6) is -0.181. The number of rotatable bonds is 6. The van der Waals surface area contributed by atoms with Crippen molar-refractivity contribution in [3.63, 3.8) is 0 Å². The van der Waals surface area contributed by atoms with Crippen LogP contribution in [-0.2, 0) is 4.74 Å². The first-order valence-electron chi connectivity index (χ1n) is 10.8. The number of anilines is 2. The number of H-pyrrole nitrogens is 1. The molecule has 14 heteroatoms. The van der Waals surface area contributed by atoms with E-state index in [1.54, 1.807) is 19.9 Å². The van der Waals surface area contributed by atoms with Gasteiger partial charge in [-0.2, -0.15) is 20.2 Å². The van der Waals surface area contributed by atoms with Crippen LogP contribution in [0, 0.1) is 18.3 Å². The number of aryl methyl sites for hydroxylation is 1. The molecule has 0 aliphatic carbocycles. The van der Waals surface area contributed by atoms with Crippen molar-refractivity contribution in [3.05, 3.63) is 45.5 Å². The highest BCUT2D eigenvalue weighted by Crippen LogP contribution is 2.30. The number of halogens is 3. The Hall–Kier alpha value is -4.41. The molecule has 1 saturated heterocycles. The maximum atomic E-state index is 12.7. The second-order valence-corrected chi connectivity index (χ2v) is 8.03. The van der Waals surface area contributed by atoms with Crippen molar-refractivity contribution in [3.8, 4) is 11.8 Å². The zero-order chi connectivity index (χ0) is 26.2. The van der Waals surface area contributed by atoms with E-state index in [1.165, 1.54) is 17.0 Å². The Bertz CT molecular complexity index is 1430. The highest BCUT2D eigenvalue weighted by molar-refractivity contribution is 5.88. The lowest BCUT2D eigenvalue weighted by Crippen LogP contribution is -2.35. The zero-order valence-corrected chi connectivity index (χ0v) is 19.3. The van der Waals surface area contributed by atoms with Gasteiger partial charge in [-0.05, 0) is 32.4 Å². The number of nitrogens with zero attached hydrogens (tertiary/aromatic N) is 5. The third-order valence-electron chi connectivity index (χ3n) is 5.51. The summed E-state index contributed by atoms with van der Waals surface area (Å²) in [6.07, 6.45) is -4.94. The monoisotopic (exact) mass is 503 g/mol. The minimum Gasteiger partial charge on any atom is -0.447 e. The van der Waals surface area contributed by atoms with Gasteiger partial charge in [0.25, 0.3) is 5.56 Å². The Morgan fingerprint density at radius 2 is 2.06 bits per heavy atom. The minimum absolute atomic E-state index is 0.0608. The number of ether oxygens (including phenoxy) is 2. The van der Waals surface area contributed by atoms with Gasteiger partial charge >= 0.3 is 12.5 Å². The number of nitriles is 1. The Kier molecular flexibility index (Phi) is 6.40. The standard InChI is InChI=1S/C22H20F3N7O4/c1-4-14-9-35-21(34)32(14)20-29-11(3)28-19(31-20)27-10(2)15-6-12-5-13(8-26)17(36-22(23,24)25)7-16(12)30-18(15)33/h5-7,10,14H,4,9H2,1-3H3,(H,30,33)(H,27,28,29,31)/t10-,14-/m0/s1. The maximum Gasteiger partial charge on any atom is 0.573 e. The lowest BCUT2D eigenvalue weighted by molar-refractivity contribution is -0.274. The van der Waals surface area contributed by atoms with Gasteiger partial charge in [0.05, 0.1) is 23.2 Å². The van der Waals surface area contributed by atoms with Gasteiger partial charge in [-0.25, -0.2) is 9.69 Å². The molecule has 0 unspecified atom stereocenters. The van der Waals surface area contributed by atoms with E-state index in [0.717, 1.165) is 6.07 Å². The van der Waals surface area contributed by atoms with E-state index in [0.29, 0.717) is 17.6 Å². The van der Waals surface area contributed by atoms with Crippen LogP contribution in [-0.4, -0.2) is 45.0 Å². The van der Waals surface area contributed by atoms with Crippen LogP contribution >= 0.6 is 0 Å². The fourth-order valence-electron chi connectivity index (χ4n) is 3.79. The van der Waals surface area contributed by atoms with Gasteiger partial charge in [0.15, 0.2) is 0 Å². The topological polar surface area (TPSA) is 146 Å². The zero-order valence-electron chi connectivity index (χ0n) is 19.3. The van der Waals surface area contributed by atoms with Crippen LogP contribution in [0.1, 0.15) is 43.3 Å². The molecule has 0 spiro atoms. The van der Waals surface area contributed by atoms with Crippen LogP contribution in [0.15, 0.2) is 23.0 Å². The molecule has 2 aromatic heterocycles. The van der Waals surface area contributed by atoms with Crippen LogP contribution in [0.4, 0.5) is 29.9 Å². The van der Waals surface area contributed by atoms with Gasteiger partial charge in [0.1, 0.15) is 24.3 Å². The number of cyclic esters (lactones) is 1. The number of carbonyl (C=O) groups excluding carboxylic acids is 1. The summed E-state index contributed by atoms with van der Waals surface area (Å²) in [4.78, 5) is 41.5. The largest absolute Gasteiger partial charge is 0.573 e. The molecular weight excluding hydrogens is 483 g/mol. The molecule has 1 amide bonds. The molecule has 1 fully saturated rings. The Morgan fingerprint density at radius 1 is 1.31 bits per heavy atom. The number of aromatic nitrogens is 4. The smallest absolute Gasteiger partial charge is 0.447 e. The number of pyridine rings is 1. The van der Waals surface area contributed by atoms with E-state index in [4.69, 9.17) is 4.74 Å². The molecule has 2 atom stereocenters. The molecule has 11 nitrogen and oxygen atoms in total. The van der Waals surface area contributed by atoms with E-state index in [2.05, 4.69) is 30.0 Å². The molecule has 4 rings (SSSR count). The SMILES string of the molecule is CC[C@H]1COC(=O)N1c1nc(C)nc(N[C@@H](C)c2cc3cc(C#N)c(OC(F)(F)F)cc3[nH]c2=O)n1. The fraction of sp³-hybridized carbons (Fsp3) is 0.364. The van der Waals surface area contributed by atoms with Crippen LogP contribution < -0.4 is 20.5 Å². The Labute approximate surface area is 201 Å². The molecule has 1 aromatic carbocycles. The second kappa shape index (κ2) is 9.33. The first-order valence-corrected chi connectivity index (χ1v) is 10.8. The lowest BCUT2D eigenvalue weighted by atomic mass is 10.1. The van der Waals surface area contributed by atoms with Crippen molar-refractivity contribution in [1.29, 1.82) is 5.26 Å². The summed E-state index contributed by atoms with van der Waals surface area (Å²) in [6, 6.07) is 4.36. The number of alkyl halides is 3. The number of hydrogen-bond donors (Lipinski definition) is 2. The maximum absolute atomic E-state index is 12.7. The Balaban J connectivity index is 1.66. The predicted molar refractivity (Wildman–Crippen MR) is 120 cm³/mol. The average molecular weight is 503 g/mol. The fourth-order valence-corrected chi connectivity index (χ4v) is 3.79. The number of amides is 1. The summed E-state index contributed by atoms with van der Waals surface area (Å²) in [5, 5.41) is 12.6. The molecule has 0 bridgehead atoms. The van der Waals surface area contributed by atoms with Gasteiger partial charge < -0.3 is 19.8 Å². The molecule has 1 aliphatic rings. The average Bonchev–Trinajstić information content (AvgIpc) is 3.17. The van der Waals surface area contributed by atoms with E-state index in [9.17, 15) is 28.0 Å². The molecule has 1 aliphatic heterocycles. The van der Waals surface area contributed by atoms with Crippen molar-refractivity contribution in [2.24, 2.45) is 0 Å². The number of benzene rings is 1. The van der Waals surface area contributed by atoms with E-state index in [1.807, 2.05) is 6.92 Å². The van der Waals surface area contributed by atoms with E-state index in [-0.39, 0.29) is 41.2 Å². The molecule has 2 N–H and O–H groups in total. The third kappa shape index (κ3) is 4.99. The summed E-state index contributed by atoms with van der Waals surface area (Å²) >= 11 is 0. The first kappa shape index (κ1) is 24.7. The summed E-state index contributed by atoms with van der Waals surface area (Å²) in [7, 11) is 0.